The molecule has 0 radical (unpaired) electrons. The van der Waals surface area contributed by atoms with Gasteiger partial charge in [0, 0.05) is 12.1 Å². The Kier molecular flexibility index (Phi) is 3.69. The lowest BCUT2D eigenvalue weighted by atomic mass is 10.0. The van der Waals surface area contributed by atoms with Crippen molar-refractivity contribution in [3.05, 3.63) is 59.2 Å². The van der Waals surface area contributed by atoms with Gasteiger partial charge in [-0.05, 0) is 31.0 Å². The Balaban J connectivity index is 2.29. The molecule has 0 saturated carbocycles. The number of nitrogen functional groups attached to an aromatic ring is 1. The minimum atomic E-state index is -0.750. The summed E-state index contributed by atoms with van der Waals surface area (Å²) in [5, 5.41) is 3.04. The molecule has 2 nitrogen and oxygen atoms in total. The van der Waals surface area contributed by atoms with E-state index in [0.29, 0.717) is 0 Å². The first-order valence-electron chi connectivity index (χ1n) is 6.05. The van der Waals surface area contributed by atoms with Crippen molar-refractivity contribution in [3.8, 4) is 0 Å². The summed E-state index contributed by atoms with van der Waals surface area (Å²) in [6.45, 7) is 3.91. The lowest BCUT2D eigenvalue weighted by Crippen LogP contribution is -2.10. The van der Waals surface area contributed by atoms with E-state index in [1.165, 1.54) is 6.07 Å². The normalized spacial score (nSPS) is 12.2. The van der Waals surface area contributed by atoms with Crippen molar-refractivity contribution < 1.29 is 8.78 Å². The third-order valence-corrected chi connectivity index (χ3v) is 3.12. The molecule has 2 rings (SSSR count). The zero-order chi connectivity index (χ0) is 14.0. The second-order valence-electron chi connectivity index (χ2n) is 4.57. The Bertz CT molecular complexity index is 597. The van der Waals surface area contributed by atoms with Crippen molar-refractivity contribution in [3.63, 3.8) is 0 Å². The lowest BCUT2D eigenvalue weighted by Gasteiger charge is -2.19. The van der Waals surface area contributed by atoms with E-state index in [1.807, 2.05) is 38.1 Å². The fraction of sp³-hybridized carbons (Fsp3) is 0.200. The molecule has 3 N–H and O–H groups in total. The van der Waals surface area contributed by atoms with E-state index in [-0.39, 0.29) is 17.4 Å². The van der Waals surface area contributed by atoms with Gasteiger partial charge in [-0.2, -0.15) is 0 Å². The van der Waals surface area contributed by atoms with Gasteiger partial charge in [-0.15, -0.1) is 0 Å². The van der Waals surface area contributed by atoms with Crippen LogP contribution in [0.1, 0.15) is 24.1 Å². The summed E-state index contributed by atoms with van der Waals surface area (Å²) >= 11 is 0. The number of halogens is 2. The minimum Gasteiger partial charge on any atom is -0.395 e. The molecule has 100 valence electrons. The topological polar surface area (TPSA) is 38.0 Å². The smallest absolute Gasteiger partial charge is 0.151 e. The van der Waals surface area contributed by atoms with E-state index < -0.39 is 11.6 Å². The molecule has 1 atom stereocenters. The van der Waals surface area contributed by atoms with E-state index in [2.05, 4.69) is 5.32 Å². The highest BCUT2D eigenvalue weighted by molar-refractivity contribution is 5.67. The van der Waals surface area contributed by atoms with Crippen LogP contribution < -0.4 is 11.1 Å². The van der Waals surface area contributed by atoms with Crippen LogP contribution in [0.3, 0.4) is 0 Å². The average molecular weight is 262 g/mol. The molecule has 0 aliphatic heterocycles. The van der Waals surface area contributed by atoms with Crippen LogP contribution in [0.15, 0.2) is 36.4 Å². The zero-order valence-corrected chi connectivity index (χ0v) is 10.9. The van der Waals surface area contributed by atoms with Crippen molar-refractivity contribution in [1.29, 1.82) is 0 Å². The van der Waals surface area contributed by atoms with E-state index in [1.54, 1.807) is 0 Å². The number of rotatable bonds is 3. The lowest BCUT2D eigenvalue weighted by molar-refractivity contribution is 0.586. The standard InChI is InChI=1S/C15H16F2N2/c1-9-5-3-4-6-12(9)10(2)19-14-8-11(16)7-13(17)15(14)18/h3-8,10,19H,18H2,1-2H3. The number of hydrogen-bond donors (Lipinski definition) is 2. The number of hydrogen-bond acceptors (Lipinski definition) is 2. The van der Waals surface area contributed by atoms with Crippen molar-refractivity contribution >= 4 is 11.4 Å². The average Bonchev–Trinajstić information content (AvgIpc) is 2.35. The molecule has 0 spiro atoms. The quantitative estimate of drug-likeness (QED) is 0.820. The van der Waals surface area contributed by atoms with Gasteiger partial charge in [0.1, 0.15) is 5.82 Å². The molecule has 0 heterocycles. The maximum Gasteiger partial charge on any atom is 0.151 e. The summed E-state index contributed by atoms with van der Waals surface area (Å²) in [7, 11) is 0. The molecule has 2 aromatic carbocycles. The van der Waals surface area contributed by atoms with Crippen molar-refractivity contribution in [2.75, 3.05) is 11.1 Å². The molecule has 0 aliphatic carbocycles. The first-order valence-corrected chi connectivity index (χ1v) is 6.05. The molecule has 0 amide bonds. The Hall–Kier alpha value is -2.10. The Labute approximate surface area is 111 Å². The summed E-state index contributed by atoms with van der Waals surface area (Å²) in [5.74, 6) is -1.40. The Morgan fingerprint density at radius 1 is 1.16 bits per heavy atom. The van der Waals surface area contributed by atoms with Gasteiger partial charge >= 0.3 is 0 Å². The molecule has 4 heteroatoms. The van der Waals surface area contributed by atoms with Crippen molar-refractivity contribution in [1.82, 2.24) is 0 Å². The molecular formula is C15H16F2N2. The van der Waals surface area contributed by atoms with Gasteiger partial charge in [0.2, 0.25) is 0 Å². The fourth-order valence-electron chi connectivity index (χ4n) is 2.09. The maximum absolute atomic E-state index is 13.4. The fourth-order valence-corrected chi connectivity index (χ4v) is 2.09. The van der Waals surface area contributed by atoms with Gasteiger partial charge in [0.15, 0.2) is 5.82 Å². The highest BCUT2D eigenvalue weighted by Gasteiger charge is 2.12. The zero-order valence-electron chi connectivity index (χ0n) is 10.9. The number of benzene rings is 2. The second kappa shape index (κ2) is 5.26. The maximum atomic E-state index is 13.4. The minimum absolute atomic E-state index is 0.0677. The van der Waals surface area contributed by atoms with Crippen molar-refractivity contribution in [2.45, 2.75) is 19.9 Å². The van der Waals surface area contributed by atoms with E-state index in [0.717, 1.165) is 17.2 Å². The van der Waals surface area contributed by atoms with E-state index in [4.69, 9.17) is 5.73 Å². The third-order valence-electron chi connectivity index (χ3n) is 3.12. The molecule has 0 bridgehead atoms. The molecule has 0 aliphatic rings. The van der Waals surface area contributed by atoms with Crippen LogP contribution in [0.25, 0.3) is 0 Å². The van der Waals surface area contributed by atoms with E-state index >= 15 is 0 Å². The number of nitrogens with two attached hydrogens (primary N) is 1. The molecule has 19 heavy (non-hydrogen) atoms. The summed E-state index contributed by atoms with van der Waals surface area (Å²) in [5.41, 5.74) is 7.99. The predicted molar refractivity (Wildman–Crippen MR) is 74.0 cm³/mol. The van der Waals surface area contributed by atoms with Crippen LogP contribution in [0.4, 0.5) is 20.2 Å². The molecule has 1 unspecified atom stereocenters. The highest BCUT2D eigenvalue weighted by Crippen LogP contribution is 2.28. The second-order valence-corrected chi connectivity index (χ2v) is 4.57. The predicted octanol–water partition coefficient (Wildman–Crippen LogP) is 4.03. The Morgan fingerprint density at radius 3 is 2.53 bits per heavy atom. The molecule has 0 aromatic heterocycles. The highest BCUT2D eigenvalue weighted by atomic mass is 19.1. The van der Waals surface area contributed by atoms with E-state index in [9.17, 15) is 8.78 Å². The van der Waals surface area contributed by atoms with Gasteiger partial charge in [0.05, 0.1) is 11.4 Å². The summed E-state index contributed by atoms with van der Waals surface area (Å²) in [6, 6.07) is 9.72. The first-order chi connectivity index (χ1) is 8.99. The third kappa shape index (κ3) is 2.84. The van der Waals surface area contributed by atoms with Crippen LogP contribution >= 0.6 is 0 Å². The SMILES string of the molecule is Cc1ccccc1C(C)Nc1cc(F)cc(F)c1N. The Morgan fingerprint density at radius 2 is 1.84 bits per heavy atom. The van der Waals surface area contributed by atoms with Gasteiger partial charge in [0.25, 0.3) is 0 Å². The first kappa shape index (κ1) is 13.3. The van der Waals surface area contributed by atoms with Crippen LogP contribution in [-0.2, 0) is 0 Å². The summed E-state index contributed by atoms with van der Waals surface area (Å²) < 4.78 is 26.6. The summed E-state index contributed by atoms with van der Waals surface area (Å²) in [6.07, 6.45) is 0. The van der Waals surface area contributed by atoms with Crippen molar-refractivity contribution in [2.24, 2.45) is 0 Å². The monoisotopic (exact) mass is 262 g/mol. The molecule has 2 aromatic rings. The number of nitrogens with one attached hydrogen (secondary N) is 1. The van der Waals surface area contributed by atoms with Crippen LogP contribution in [0, 0.1) is 18.6 Å². The molecule has 0 fully saturated rings. The number of aryl methyl sites for hydroxylation is 1. The van der Waals surface area contributed by atoms with Crippen LogP contribution in [0.2, 0.25) is 0 Å². The van der Waals surface area contributed by atoms with Gasteiger partial charge in [-0.25, -0.2) is 8.78 Å². The van der Waals surface area contributed by atoms with Crippen LogP contribution in [0.5, 0.6) is 0 Å². The number of anilines is 2. The molecular weight excluding hydrogens is 246 g/mol. The van der Waals surface area contributed by atoms with Gasteiger partial charge in [-0.1, -0.05) is 24.3 Å². The van der Waals surface area contributed by atoms with Crippen LogP contribution in [-0.4, -0.2) is 0 Å². The van der Waals surface area contributed by atoms with Gasteiger partial charge in [-0.3, -0.25) is 0 Å². The molecule has 0 saturated heterocycles. The summed E-state index contributed by atoms with van der Waals surface area (Å²) in [4.78, 5) is 0. The largest absolute Gasteiger partial charge is 0.395 e. The van der Waals surface area contributed by atoms with Gasteiger partial charge < -0.3 is 11.1 Å².